The molecule has 1 N–H and O–H groups in total. The molecular weight excluding hydrogens is 272 g/mol. The van der Waals surface area contributed by atoms with E-state index >= 15 is 0 Å². The Kier molecular flexibility index (Phi) is 4.18. The van der Waals surface area contributed by atoms with Crippen LogP contribution in [-0.2, 0) is 0 Å². The quantitative estimate of drug-likeness (QED) is 0.691. The first-order valence-corrected chi connectivity index (χ1v) is 6.21. The number of rotatable bonds is 4. The van der Waals surface area contributed by atoms with Gasteiger partial charge in [0.05, 0.1) is 17.7 Å². The second-order valence-corrected chi connectivity index (χ2v) is 4.46. The first-order chi connectivity index (χ1) is 10.0. The van der Waals surface area contributed by atoms with E-state index in [-0.39, 0.29) is 17.3 Å². The molecule has 0 unspecified atom stereocenters. The van der Waals surface area contributed by atoms with Crippen LogP contribution >= 0.6 is 0 Å². The van der Waals surface area contributed by atoms with Crippen LogP contribution in [0.5, 0.6) is 5.75 Å². The maximum absolute atomic E-state index is 12.1. The van der Waals surface area contributed by atoms with Gasteiger partial charge < -0.3 is 10.1 Å². The highest BCUT2D eigenvalue weighted by Gasteiger charge is 2.14. The Morgan fingerprint density at radius 3 is 2.43 bits per heavy atom. The molecule has 21 heavy (non-hydrogen) atoms. The van der Waals surface area contributed by atoms with Crippen molar-refractivity contribution in [1.82, 2.24) is 0 Å². The summed E-state index contributed by atoms with van der Waals surface area (Å²) in [6.07, 6.45) is 0. The molecule has 0 fully saturated rings. The third-order valence-electron chi connectivity index (χ3n) is 2.96. The van der Waals surface area contributed by atoms with E-state index in [1.807, 2.05) is 19.1 Å². The van der Waals surface area contributed by atoms with Crippen molar-refractivity contribution >= 4 is 17.3 Å². The molecule has 6 nitrogen and oxygen atoms in total. The second-order valence-electron chi connectivity index (χ2n) is 4.46. The second kappa shape index (κ2) is 6.04. The standard InChI is InChI=1S/C15H14N2O4/c1-10-3-5-11(6-4-10)15(18)16-13-9-12(17(19)20)7-8-14(13)21-2/h3-9H,1-2H3,(H,16,18). The monoisotopic (exact) mass is 286 g/mol. The van der Waals surface area contributed by atoms with Crippen molar-refractivity contribution < 1.29 is 14.5 Å². The lowest BCUT2D eigenvalue weighted by atomic mass is 10.1. The molecule has 0 heterocycles. The van der Waals surface area contributed by atoms with Gasteiger partial charge in [0, 0.05) is 17.7 Å². The number of nitro benzene ring substituents is 1. The predicted octanol–water partition coefficient (Wildman–Crippen LogP) is 3.16. The SMILES string of the molecule is COc1ccc([N+](=O)[O-])cc1NC(=O)c1ccc(C)cc1. The van der Waals surface area contributed by atoms with Gasteiger partial charge in [-0.2, -0.15) is 0 Å². The Morgan fingerprint density at radius 2 is 1.86 bits per heavy atom. The smallest absolute Gasteiger partial charge is 0.271 e. The van der Waals surface area contributed by atoms with Crippen molar-refractivity contribution in [2.45, 2.75) is 6.92 Å². The van der Waals surface area contributed by atoms with E-state index in [2.05, 4.69) is 5.32 Å². The fourth-order valence-corrected chi connectivity index (χ4v) is 1.81. The van der Waals surface area contributed by atoms with Gasteiger partial charge in [-0.05, 0) is 25.1 Å². The first kappa shape index (κ1) is 14.5. The van der Waals surface area contributed by atoms with E-state index in [0.29, 0.717) is 11.3 Å². The van der Waals surface area contributed by atoms with E-state index in [1.165, 1.54) is 25.3 Å². The van der Waals surface area contributed by atoms with Gasteiger partial charge in [0.2, 0.25) is 0 Å². The molecule has 1 amide bonds. The Morgan fingerprint density at radius 1 is 1.19 bits per heavy atom. The van der Waals surface area contributed by atoms with E-state index < -0.39 is 4.92 Å². The summed E-state index contributed by atoms with van der Waals surface area (Å²) in [5.74, 6) is 0.00913. The molecule has 2 aromatic carbocycles. The number of ether oxygens (including phenoxy) is 1. The number of benzene rings is 2. The van der Waals surface area contributed by atoms with Crippen LogP contribution in [0.15, 0.2) is 42.5 Å². The lowest BCUT2D eigenvalue weighted by Gasteiger charge is -2.10. The number of nitrogens with zero attached hydrogens (tertiary/aromatic N) is 1. The number of anilines is 1. The van der Waals surface area contributed by atoms with Gasteiger partial charge in [-0.25, -0.2) is 0 Å². The number of non-ortho nitro benzene ring substituents is 1. The Labute approximate surface area is 121 Å². The average molecular weight is 286 g/mol. The average Bonchev–Trinajstić information content (AvgIpc) is 2.47. The molecule has 0 radical (unpaired) electrons. The molecule has 2 aromatic rings. The van der Waals surface area contributed by atoms with Gasteiger partial charge in [-0.15, -0.1) is 0 Å². The Hall–Kier alpha value is -2.89. The number of nitro groups is 1. The highest BCUT2D eigenvalue weighted by Crippen LogP contribution is 2.29. The molecule has 2 rings (SSSR count). The van der Waals surface area contributed by atoms with Crippen LogP contribution in [0, 0.1) is 17.0 Å². The van der Waals surface area contributed by atoms with Crippen molar-refractivity contribution in [3.63, 3.8) is 0 Å². The van der Waals surface area contributed by atoms with Crippen molar-refractivity contribution in [2.24, 2.45) is 0 Å². The zero-order valence-corrected chi connectivity index (χ0v) is 11.6. The highest BCUT2D eigenvalue weighted by molar-refractivity contribution is 6.05. The Balaban J connectivity index is 2.29. The molecule has 0 bridgehead atoms. The minimum atomic E-state index is -0.527. The molecule has 0 spiro atoms. The lowest BCUT2D eigenvalue weighted by molar-refractivity contribution is -0.384. The van der Waals surface area contributed by atoms with Crippen LogP contribution < -0.4 is 10.1 Å². The molecular formula is C15H14N2O4. The zero-order valence-electron chi connectivity index (χ0n) is 11.6. The molecule has 0 saturated heterocycles. The van der Waals surface area contributed by atoms with Crippen LogP contribution in [0.3, 0.4) is 0 Å². The number of hydrogen-bond donors (Lipinski definition) is 1. The van der Waals surface area contributed by atoms with Crippen LogP contribution in [-0.4, -0.2) is 17.9 Å². The summed E-state index contributed by atoms with van der Waals surface area (Å²) in [5.41, 5.74) is 1.65. The summed E-state index contributed by atoms with van der Waals surface area (Å²) < 4.78 is 5.10. The fourth-order valence-electron chi connectivity index (χ4n) is 1.81. The van der Waals surface area contributed by atoms with Crippen molar-refractivity contribution in [2.75, 3.05) is 12.4 Å². The van der Waals surface area contributed by atoms with Gasteiger partial charge in [0.1, 0.15) is 5.75 Å². The third-order valence-corrected chi connectivity index (χ3v) is 2.96. The van der Waals surface area contributed by atoms with Crippen molar-refractivity contribution in [3.8, 4) is 5.75 Å². The number of hydrogen-bond acceptors (Lipinski definition) is 4. The van der Waals surface area contributed by atoms with E-state index in [4.69, 9.17) is 4.74 Å². The van der Waals surface area contributed by atoms with Gasteiger partial charge in [-0.1, -0.05) is 17.7 Å². The molecule has 108 valence electrons. The number of carbonyl (C=O) groups excluding carboxylic acids is 1. The largest absolute Gasteiger partial charge is 0.495 e. The van der Waals surface area contributed by atoms with Gasteiger partial charge in [-0.3, -0.25) is 14.9 Å². The highest BCUT2D eigenvalue weighted by atomic mass is 16.6. The van der Waals surface area contributed by atoms with Gasteiger partial charge in [0.15, 0.2) is 0 Å². The maximum atomic E-state index is 12.1. The van der Waals surface area contributed by atoms with Crippen LogP contribution in [0.2, 0.25) is 0 Å². The van der Waals surface area contributed by atoms with Crippen molar-refractivity contribution in [3.05, 3.63) is 63.7 Å². The summed E-state index contributed by atoms with van der Waals surface area (Å²) in [7, 11) is 1.43. The number of nitrogens with one attached hydrogen (secondary N) is 1. The topological polar surface area (TPSA) is 81.5 Å². The number of aryl methyl sites for hydroxylation is 1. The fraction of sp³-hybridized carbons (Fsp3) is 0.133. The normalized spacial score (nSPS) is 10.0. The summed E-state index contributed by atoms with van der Waals surface area (Å²) in [6.45, 7) is 1.92. The van der Waals surface area contributed by atoms with E-state index in [0.717, 1.165) is 5.56 Å². The van der Waals surface area contributed by atoms with E-state index in [1.54, 1.807) is 12.1 Å². The van der Waals surface area contributed by atoms with Gasteiger partial charge in [0.25, 0.3) is 11.6 Å². The van der Waals surface area contributed by atoms with Crippen molar-refractivity contribution in [1.29, 1.82) is 0 Å². The maximum Gasteiger partial charge on any atom is 0.271 e. The summed E-state index contributed by atoms with van der Waals surface area (Å²) in [5, 5.41) is 13.4. The molecule has 0 aliphatic carbocycles. The zero-order chi connectivity index (χ0) is 15.4. The molecule has 0 aliphatic rings. The summed E-state index contributed by atoms with van der Waals surface area (Å²) in [6, 6.07) is 11.1. The first-order valence-electron chi connectivity index (χ1n) is 6.21. The number of carbonyl (C=O) groups is 1. The summed E-state index contributed by atoms with van der Waals surface area (Å²) >= 11 is 0. The lowest BCUT2D eigenvalue weighted by Crippen LogP contribution is -2.12. The van der Waals surface area contributed by atoms with Crippen LogP contribution in [0.4, 0.5) is 11.4 Å². The molecule has 0 atom stereocenters. The summed E-state index contributed by atoms with van der Waals surface area (Å²) in [4.78, 5) is 22.4. The Bertz CT molecular complexity index is 681. The van der Waals surface area contributed by atoms with Crippen LogP contribution in [0.25, 0.3) is 0 Å². The predicted molar refractivity (Wildman–Crippen MR) is 78.8 cm³/mol. The molecule has 6 heteroatoms. The minimum absolute atomic E-state index is 0.116. The number of amides is 1. The molecule has 0 aliphatic heterocycles. The minimum Gasteiger partial charge on any atom is -0.495 e. The van der Waals surface area contributed by atoms with Crippen LogP contribution in [0.1, 0.15) is 15.9 Å². The third kappa shape index (κ3) is 3.36. The molecule has 0 saturated carbocycles. The number of methoxy groups -OCH3 is 1. The van der Waals surface area contributed by atoms with Gasteiger partial charge >= 0.3 is 0 Å². The molecule has 0 aromatic heterocycles. The van der Waals surface area contributed by atoms with E-state index in [9.17, 15) is 14.9 Å².